The number of hydrogen-bond donors (Lipinski definition) is 2. The van der Waals surface area contributed by atoms with E-state index in [4.69, 9.17) is 0 Å². The maximum atomic E-state index is 13.2. The van der Waals surface area contributed by atoms with Crippen molar-refractivity contribution in [1.29, 1.82) is 0 Å². The quantitative estimate of drug-likeness (QED) is 0.349. The molecule has 1 aromatic carbocycles. The Bertz CT molecular complexity index is 1170. The fourth-order valence-corrected chi connectivity index (χ4v) is 3.98. The van der Waals surface area contributed by atoms with Crippen molar-refractivity contribution in [3.8, 4) is 5.69 Å². The van der Waals surface area contributed by atoms with Crippen molar-refractivity contribution < 1.29 is 9.59 Å². The summed E-state index contributed by atoms with van der Waals surface area (Å²) in [7, 11) is 0. The summed E-state index contributed by atoms with van der Waals surface area (Å²) in [6.07, 6.45) is 4.12. The summed E-state index contributed by atoms with van der Waals surface area (Å²) in [6, 6.07) is 12.6. The van der Waals surface area contributed by atoms with Gasteiger partial charge in [0.2, 0.25) is 0 Å². The van der Waals surface area contributed by atoms with Gasteiger partial charge in [-0.3, -0.25) is 19.6 Å². The van der Waals surface area contributed by atoms with Crippen LogP contribution in [0, 0.1) is 0 Å². The molecule has 1 aliphatic heterocycles. The molecule has 0 spiro atoms. The Hall–Kier alpha value is -3.65. The normalized spacial score (nSPS) is 15.1. The molecule has 4 rings (SSSR count). The number of rotatable bonds is 7. The largest absolute Gasteiger partial charge is 0.329 e. The topological polar surface area (TPSA) is 87.2 Å². The summed E-state index contributed by atoms with van der Waals surface area (Å²) >= 11 is 1.58. The van der Waals surface area contributed by atoms with Crippen molar-refractivity contribution in [2.45, 2.75) is 12.8 Å². The Balaban J connectivity index is 1.76. The molecule has 0 atom stereocenters. The van der Waals surface area contributed by atoms with Crippen molar-refractivity contribution in [3.05, 3.63) is 92.7 Å². The highest BCUT2D eigenvalue weighted by atomic mass is 32.1. The predicted octanol–water partition coefficient (Wildman–Crippen LogP) is 3.29. The highest BCUT2D eigenvalue weighted by molar-refractivity contribution is 7.09. The molecule has 30 heavy (non-hydrogen) atoms. The molecule has 1 aliphatic rings. The van der Waals surface area contributed by atoms with E-state index in [2.05, 4.69) is 17.0 Å². The maximum absolute atomic E-state index is 13.2. The van der Waals surface area contributed by atoms with Gasteiger partial charge in [0.25, 0.3) is 11.5 Å². The van der Waals surface area contributed by atoms with E-state index in [-0.39, 0.29) is 17.8 Å². The van der Waals surface area contributed by atoms with E-state index in [1.165, 1.54) is 10.8 Å². The van der Waals surface area contributed by atoms with Gasteiger partial charge in [-0.05, 0) is 36.1 Å². The highest BCUT2D eigenvalue weighted by Crippen LogP contribution is 2.20. The third-order valence-electron chi connectivity index (χ3n) is 4.76. The fourth-order valence-electron chi connectivity index (χ4n) is 3.26. The zero-order valence-corrected chi connectivity index (χ0v) is 16.9. The van der Waals surface area contributed by atoms with Gasteiger partial charge < -0.3 is 5.32 Å². The van der Waals surface area contributed by atoms with Gasteiger partial charge in [-0.15, -0.1) is 17.9 Å². The van der Waals surface area contributed by atoms with Gasteiger partial charge in [0.1, 0.15) is 5.70 Å². The van der Waals surface area contributed by atoms with Crippen LogP contribution in [0.5, 0.6) is 0 Å². The third kappa shape index (κ3) is 3.77. The van der Waals surface area contributed by atoms with Gasteiger partial charge in [0, 0.05) is 17.8 Å². The van der Waals surface area contributed by atoms with Crippen LogP contribution in [0.1, 0.15) is 22.6 Å². The predicted molar refractivity (Wildman–Crippen MR) is 117 cm³/mol. The Morgan fingerprint density at radius 3 is 2.57 bits per heavy atom. The van der Waals surface area contributed by atoms with Gasteiger partial charge in [0.15, 0.2) is 0 Å². The number of H-pyrrole nitrogens is 1. The van der Waals surface area contributed by atoms with Crippen LogP contribution < -0.4 is 10.9 Å². The monoisotopic (exact) mass is 420 g/mol. The third-order valence-corrected chi connectivity index (χ3v) is 5.64. The van der Waals surface area contributed by atoms with E-state index in [0.717, 1.165) is 9.78 Å². The number of amides is 3. The van der Waals surface area contributed by atoms with Gasteiger partial charge >= 0.3 is 6.03 Å². The van der Waals surface area contributed by atoms with Gasteiger partial charge in [-0.2, -0.15) is 0 Å². The molecule has 0 bridgehead atoms. The number of para-hydroxylation sites is 1. The lowest BCUT2D eigenvalue weighted by atomic mass is 10.1. The molecule has 8 heteroatoms. The van der Waals surface area contributed by atoms with Gasteiger partial charge in [-0.1, -0.05) is 30.3 Å². The van der Waals surface area contributed by atoms with Crippen LogP contribution in [0.3, 0.4) is 0 Å². The average molecular weight is 420 g/mol. The highest BCUT2D eigenvalue weighted by Gasteiger charge is 2.33. The number of hydrogen-bond acceptors (Lipinski definition) is 4. The van der Waals surface area contributed by atoms with Crippen LogP contribution in [0.4, 0.5) is 4.79 Å². The number of aromatic amines is 1. The second-order valence-electron chi connectivity index (χ2n) is 6.76. The molecule has 0 aliphatic carbocycles. The number of nitrogens with zero attached hydrogens (tertiary/aromatic N) is 2. The summed E-state index contributed by atoms with van der Waals surface area (Å²) in [5, 5.41) is 7.71. The van der Waals surface area contributed by atoms with Crippen LogP contribution in [-0.2, 0) is 11.2 Å². The lowest BCUT2D eigenvalue weighted by Gasteiger charge is -2.08. The number of urea groups is 1. The van der Waals surface area contributed by atoms with Crippen LogP contribution in [0.25, 0.3) is 11.8 Å². The number of nitrogens with one attached hydrogen (secondary N) is 2. The van der Waals surface area contributed by atoms with E-state index in [9.17, 15) is 14.4 Å². The van der Waals surface area contributed by atoms with Crippen LogP contribution in [-0.4, -0.2) is 33.2 Å². The van der Waals surface area contributed by atoms with E-state index < -0.39 is 11.9 Å². The molecule has 7 nitrogen and oxygen atoms in total. The summed E-state index contributed by atoms with van der Waals surface area (Å²) in [5.41, 5.74) is 1.51. The zero-order chi connectivity index (χ0) is 21.1. The zero-order valence-electron chi connectivity index (χ0n) is 16.1. The Morgan fingerprint density at radius 2 is 1.87 bits per heavy atom. The molecule has 3 aromatic rings. The minimum absolute atomic E-state index is 0.0906. The smallest absolute Gasteiger partial charge is 0.303 e. The molecule has 2 aromatic heterocycles. The minimum atomic E-state index is -0.494. The van der Waals surface area contributed by atoms with Gasteiger partial charge in [0.05, 0.1) is 16.9 Å². The average Bonchev–Trinajstić information content (AvgIpc) is 3.43. The van der Waals surface area contributed by atoms with E-state index >= 15 is 0 Å². The molecule has 0 radical (unpaired) electrons. The number of benzene rings is 1. The summed E-state index contributed by atoms with van der Waals surface area (Å²) in [4.78, 5) is 40.2. The van der Waals surface area contributed by atoms with Crippen molar-refractivity contribution in [3.63, 3.8) is 0 Å². The lowest BCUT2D eigenvalue weighted by molar-refractivity contribution is -0.122. The molecule has 3 heterocycles. The van der Waals surface area contributed by atoms with E-state index in [1.807, 2.05) is 47.8 Å². The molecule has 0 saturated carbocycles. The molecule has 1 fully saturated rings. The number of thiophene rings is 1. The first kappa shape index (κ1) is 19.7. The van der Waals surface area contributed by atoms with Crippen LogP contribution >= 0.6 is 11.3 Å². The second kappa shape index (κ2) is 8.38. The first-order chi connectivity index (χ1) is 14.6. The Labute approximate surface area is 176 Å². The van der Waals surface area contributed by atoms with E-state index in [0.29, 0.717) is 29.8 Å². The second-order valence-corrected chi connectivity index (χ2v) is 7.79. The standard InChI is InChI=1S/C22H20N4O3S/c1-2-3-11-25-21(28)19(23-22(25)29)14-17-18(13-16-10-7-12-30-16)24-26(20(17)27)15-8-5-4-6-9-15/h2,4-10,12,14,24H,1,3,11,13H2,(H,23,29)/b19-14-. The molecular formula is C22H20N4O3S. The van der Waals surface area contributed by atoms with E-state index in [1.54, 1.807) is 17.4 Å². The molecule has 2 N–H and O–H groups in total. The Kier molecular flexibility index (Phi) is 5.49. The number of carbonyl (C=O) groups excluding carboxylic acids is 2. The van der Waals surface area contributed by atoms with Crippen molar-refractivity contribution >= 4 is 29.4 Å². The fraction of sp³-hybridized carbons (Fsp3) is 0.136. The molecule has 3 amide bonds. The first-order valence-corrected chi connectivity index (χ1v) is 10.3. The molecule has 0 unspecified atom stereocenters. The van der Waals surface area contributed by atoms with Crippen molar-refractivity contribution in [2.75, 3.05) is 6.54 Å². The summed E-state index contributed by atoms with van der Waals surface area (Å²) in [5.74, 6) is -0.448. The molecule has 152 valence electrons. The van der Waals surface area contributed by atoms with Crippen molar-refractivity contribution in [2.24, 2.45) is 0 Å². The summed E-state index contributed by atoms with van der Waals surface area (Å²) in [6.45, 7) is 3.86. The minimum Gasteiger partial charge on any atom is -0.303 e. The molecule has 1 saturated heterocycles. The SMILES string of the molecule is C=CCCN1C(=O)N/C(=C\c2c(Cc3cccs3)[nH]n(-c3ccccc3)c2=O)C1=O. The van der Waals surface area contributed by atoms with Gasteiger partial charge in [-0.25, -0.2) is 9.48 Å². The number of imide groups is 1. The maximum Gasteiger partial charge on any atom is 0.329 e. The number of aromatic nitrogens is 2. The lowest BCUT2D eigenvalue weighted by Crippen LogP contribution is -2.31. The Morgan fingerprint density at radius 1 is 1.07 bits per heavy atom. The van der Waals surface area contributed by atoms with Crippen LogP contribution in [0.2, 0.25) is 0 Å². The van der Waals surface area contributed by atoms with Crippen LogP contribution in [0.15, 0.2) is 71.0 Å². The first-order valence-electron chi connectivity index (χ1n) is 9.45. The number of carbonyl (C=O) groups is 2. The molecular weight excluding hydrogens is 400 g/mol. The summed E-state index contributed by atoms with van der Waals surface area (Å²) < 4.78 is 1.45. The van der Waals surface area contributed by atoms with Crippen molar-refractivity contribution in [1.82, 2.24) is 20.0 Å².